The largest absolute Gasteiger partial charge is 0.417 e. The molecule has 34 heavy (non-hydrogen) atoms. The first-order valence-corrected chi connectivity index (χ1v) is 11.3. The van der Waals surface area contributed by atoms with E-state index in [-0.39, 0.29) is 12.6 Å². The van der Waals surface area contributed by atoms with Crippen LogP contribution < -0.4 is 4.90 Å². The molecule has 7 nitrogen and oxygen atoms in total. The van der Waals surface area contributed by atoms with Crippen LogP contribution in [0.15, 0.2) is 43.1 Å². The molecule has 0 aromatic carbocycles. The fourth-order valence-electron chi connectivity index (χ4n) is 4.49. The molecule has 11 heteroatoms. The minimum absolute atomic E-state index is 0.0988. The smallest absolute Gasteiger partial charge is 0.354 e. The average molecular weight is 475 g/mol. The van der Waals surface area contributed by atoms with Crippen molar-refractivity contribution in [2.75, 3.05) is 18.0 Å². The monoisotopic (exact) mass is 475 g/mol. The SMILES string of the molecule is Cc1nccn1-c1ncc(CN(C2CC2)C2CCN(c3ccc(C(F)(F)F)cn3)CC2F)cn1. The van der Waals surface area contributed by atoms with Crippen LogP contribution in [0.3, 0.4) is 0 Å². The second kappa shape index (κ2) is 8.94. The Kier molecular flexibility index (Phi) is 5.97. The molecule has 180 valence electrons. The van der Waals surface area contributed by atoms with Crippen molar-refractivity contribution in [1.82, 2.24) is 29.4 Å². The molecule has 4 heterocycles. The van der Waals surface area contributed by atoms with Gasteiger partial charge in [-0.15, -0.1) is 0 Å². The number of hydrogen-bond acceptors (Lipinski definition) is 6. The molecule has 0 amide bonds. The molecular weight excluding hydrogens is 450 g/mol. The van der Waals surface area contributed by atoms with Gasteiger partial charge in [-0.2, -0.15) is 13.2 Å². The van der Waals surface area contributed by atoms with E-state index >= 15 is 4.39 Å². The third kappa shape index (κ3) is 4.75. The number of alkyl halides is 4. The van der Waals surface area contributed by atoms with Crippen LogP contribution in [0.2, 0.25) is 0 Å². The van der Waals surface area contributed by atoms with Gasteiger partial charge in [0.25, 0.3) is 0 Å². The van der Waals surface area contributed by atoms with Crippen molar-refractivity contribution in [1.29, 1.82) is 0 Å². The van der Waals surface area contributed by atoms with Crippen LogP contribution in [-0.4, -0.2) is 60.7 Å². The third-order valence-electron chi connectivity index (χ3n) is 6.45. The van der Waals surface area contributed by atoms with Crippen LogP contribution in [0.4, 0.5) is 23.4 Å². The minimum Gasteiger partial charge on any atom is -0.354 e. The maximum absolute atomic E-state index is 15.4. The van der Waals surface area contributed by atoms with E-state index in [9.17, 15) is 13.2 Å². The summed E-state index contributed by atoms with van der Waals surface area (Å²) in [5, 5.41) is 0. The number of anilines is 1. The van der Waals surface area contributed by atoms with Crippen molar-refractivity contribution in [3.63, 3.8) is 0 Å². The van der Waals surface area contributed by atoms with E-state index in [1.807, 2.05) is 6.92 Å². The summed E-state index contributed by atoms with van der Waals surface area (Å²) in [6.45, 7) is 3.06. The number of aromatic nitrogens is 5. The van der Waals surface area contributed by atoms with Gasteiger partial charge in [-0.05, 0) is 38.3 Å². The van der Waals surface area contributed by atoms with Crippen molar-refractivity contribution in [3.05, 3.63) is 60.1 Å². The predicted molar refractivity (Wildman–Crippen MR) is 117 cm³/mol. The van der Waals surface area contributed by atoms with Crippen LogP contribution in [-0.2, 0) is 12.7 Å². The topological polar surface area (TPSA) is 63.0 Å². The van der Waals surface area contributed by atoms with Gasteiger partial charge in [0.1, 0.15) is 17.8 Å². The Morgan fingerprint density at radius 2 is 1.79 bits per heavy atom. The number of hydrogen-bond donors (Lipinski definition) is 0. The molecule has 0 radical (unpaired) electrons. The molecule has 3 aromatic heterocycles. The predicted octanol–water partition coefficient (Wildman–Crippen LogP) is 3.97. The van der Waals surface area contributed by atoms with E-state index in [0.717, 1.165) is 36.5 Å². The fraction of sp³-hybridized carbons (Fsp3) is 0.478. The summed E-state index contributed by atoms with van der Waals surface area (Å²) >= 11 is 0. The first-order chi connectivity index (χ1) is 16.3. The molecule has 0 spiro atoms. The van der Waals surface area contributed by atoms with Crippen LogP contribution in [0.25, 0.3) is 5.95 Å². The van der Waals surface area contributed by atoms with Gasteiger partial charge >= 0.3 is 6.18 Å². The van der Waals surface area contributed by atoms with Crippen LogP contribution in [0, 0.1) is 6.92 Å². The van der Waals surface area contributed by atoms with E-state index in [1.54, 1.807) is 34.3 Å². The molecule has 5 rings (SSSR count). The molecule has 2 fully saturated rings. The second-order valence-electron chi connectivity index (χ2n) is 8.86. The summed E-state index contributed by atoms with van der Waals surface area (Å²) in [6, 6.07) is 2.37. The lowest BCUT2D eigenvalue weighted by Crippen LogP contribution is -2.53. The number of halogens is 4. The molecule has 1 saturated heterocycles. The normalized spacial score (nSPS) is 21.3. The summed E-state index contributed by atoms with van der Waals surface area (Å²) in [5.41, 5.74) is 0.103. The Morgan fingerprint density at radius 1 is 1.03 bits per heavy atom. The molecule has 0 N–H and O–H groups in total. The molecular formula is C23H25F4N7. The van der Waals surface area contributed by atoms with Gasteiger partial charge in [0.2, 0.25) is 5.95 Å². The fourth-order valence-corrected chi connectivity index (χ4v) is 4.49. The van der Waals surface area contributed by atoms with Gasteiger partial charge in [0, 0.05) is 61.7 Å². The van der Waals surface area contributed by atoms with Crippen LogP contribution in [0.1, 0.15) is 36.2 Å². The Balaban J connectivity index is 1.25. The highest BCUT2D eigenvalue weighted by atomic mass is 19.4. The zero-order valence-corrected chi connectivity index (χ0v) is 18.7. The van der Waals surface area contributed by atoms with Crippen molar-refractivity contribution in [3.8, 4) is 5.95 Å². The zero-order valence-electron chi connectivity index (χ0n) is 18.7. The molecule has 3 aromatic rings. The second-order valence-corrected chi connectivity index (χ2v) is 8.86. The lowest BCUT2D eigenvalue weighted by Gasteiger charge is -2.41. The summed E-state index contributed by atoms with van der Waals surface area (Å²) in [6.07, 6.45) is 4.87. The van der Waals surface area contributed by atoms with Gasteiger partial charge in [-0.3, -0.25) is 9.47 Å². The van der Waals surface area contributed by atoms with Gasteiger partial charge in [-0.1, -0.05) is 0 Å². The molecule has 1 saturated carbocycles. The van der Waals surface area contributed by atoms with E-state index < -0.39 is 17.9 Å². The molecule has 1 aliphatic heterocycles. The molecule has 2 aliphatic rings. The van der Waals surface area contributed by atoms with Crippen molar-refractivity contribution >= 4 is 5.82 Å². The standard InChI is InChI=1S/C23H25F4N7/c1-15-28-7-9-33(15)22-30-10-16(11-31-22)13-34(18-3-4-18)20-6-8-32(14-19(20)24)21-5-2-17(12-29-21)23(25,26)27/h2,5,7,9-12,18-20H,3-4,6,8,13-14H2,1H3. The zero-order chi connectivity index (χ0) is 23.9. The molecule has 1 aliphatic carbocycles. The summed E-state index contributed by atoms with van der Waals surface area (Å²) in [7, 11) is 0. The Bertz CT molecular complexity index is 1110. The lowest BCUT2D eigenvalue weighted by molar-refractivity contribution is -0.137. The quantitative estimate of drug-likeness (QED) is 0.503. The van der Waals surface area contributed by atoms with Gasteiger partial charge in [-0.25, -0.2) is 24.3 Å². The number of aryl methyl sites for hydroxylation is 1. The lowest BCUT2D eigenvalue weighted by atomic mass is 10.00. The number of piperidine rings is 1. The number of imidazole rings is 1. The molecule has 0 bridgehead atoms. The maximum Gasteiger partial charge on any atom is 0.417 e. The van der Waals surface area contributed by atoms with Crippen LogP contribution in [0.5, 0.6) is 0 Å². The van der Waals surface area contributed by atoms with Gasteiger partial charge in [0.05, 0.1) is 12.1 Å². The number of rotatable bonds is 6. The first kappa shape index (κ1) is 22.7. The van der Waals surface area contributed by atoms with E-state index in [4.69, 9.17) is 0 Å². The minimum atomic E-state index is -4.44. The summed E-state index contributed by atoms with van der Waals surface area (Å²) in [4.78, 5) is 20.9. The summed E-state index contributed by atoms with van der Waals surface area (Å²) in [5.74, 6) is 1.70. The molecule has 2 atom stereocenters. The number of nitrogens with zero attached hydrogens (tertiary/aromatic N) is 7. The van der Waals surface area contributed by atoms with Crippen molar-refractivity contribution < 1.29 is 17.6 Å². The van der Waals surface area contributed by atoms with E-state index in [2.05, 4.69) is 24.8 Å². The van der Waals surface area contributed by atoms with Gasteiger partial charge < -0.3 is 4.90 Å². The molecule has 2 unspecified atom stereocenters. The summed E-state index contributed by atoms with van der Waals surface area (Å²) < 4.78 is 55.6. The number of pyridine rings is 1. The van der Waals surface area contributed by atoms with E-state index in [0.29, 0.717) is 37.3 Å². The Labute approximate surface area is 194 Å². The Morgan fingerprint density at radius 3 is 2.35 bits per heavy atom. The third-order valence-corrected chi connectivity index (χ3v) is 6.45. The average Bonchev–Trinajstić information content (AvgIpc) is 3.58. The Hall–Kier alpha value is -3.08. The van der Waals surface area contributed by atoms with Crippen molar-refractivity contribution in [2.45, 2.75) is 57.2 Å². The first-order valence-electron chi connectivity index (χ1n) is 11.3. The van der Waals surface area contributed by atoms with Crippen molar-refractivity contribution in [2.24, 2.45) is 0 Å². The van der Waals surface area contributed by atoms with E-state index in [1.165, 1.54) is 6.07 Å². The van der Waals surface area contributed by atoms with Crippen LogP contribution >= 0.6 is 0 Å². The highest BCUT2D eigenvalue weighted by molar-refractivity contribution is 5.41. The highest BCUT2D eigenvalue weighted by Gasteiger charge is 2.41. The maximum atomic E-state index is 15.4. The highest BCUT2D eigenvalue weighted by Crippen LogP contribution is 2.35. The van der Waals surface area contributed by atoms with Gasteiger partial charge in [0.15, 0.2) is 0 Å².